The third-order valence-corrected chi connectivity index (χ3v) is 5.28. The number of benzene rings is 1. The van der Waals surface area contributed by atoms with Gasteiger partial charge in [0.15, 0.2) is 0 Å². The molecular weight excluding hydrogens is 378 g/mol. The van der Waals surface area contributed by atoms with Crippen LogP contribution in [0.2, 0.25) is 0 Å². The monoisotopic (exact) mass is 401 g/mol. The molecule has 1 atom stereocenters. The summed E-state index contributed by atoms with van der Waals surface area (Å²) in [5, 5.41) is 18.8. The van der Waals surface area contributed by atoms with Gasteiger partial charge in [0.25, 0.3) is 0 Å². The van der Waals surface area contributed by atoms with E-state index in [1.54, 1.807) is 23.1 Å². The van der Waals surface area contributed by atoms with Crippen molar-refractivity contribution in [3.05, 3.63) is 46.7 Å². The van der Waals surface area contributed by atoms with Crippen LogP contribution in [0.5, 0.6) is 0 Å². The maximum absolute atomic E-state index is 12.1. The van der Waals surface area contributed by atoms with E-state index in [1.165, 1.54) is 11.3 Å². The molecule has 1 unspecified atom stereocenters. The maximum atomic E-state index is 12.1. The number of aliphatic hydroxyl groups is 1. The first-order valence-electron chi connectivity index (χ1n) is 9.24. The van der Waals surface area contributed by atoms with Crippen LogP contribution in [-0.4, -0.2) is 35.9 Å². The van der Waals surface area contributed by atoms with Gasteiger partial charge < -0.3 is 20.6 Å². The summed E-state index contributed by atoms with van der Waals surface area (Å²) in [6.45, 7) is 0.842. The summed E-state index contributed by atoms with van der Waals surface area (Å²) in [5.41, 5.74) is 1.96. The number of thiophene rings is 1. The smallest absolute Gasteiger partial charge is 0.313 e. The SMILES string of the molecule is O=C(NCCC(O)c1ccsc1)C(=O)Nc1cccc(N2CCCCC2=O)c1. The number of amides is 3. The molecule has 8 heteroatoms. The fourth-order valence-corrected chi connectivity index (χ4v) is 3.76. The number of nitrogens with zero attached hydrogens (tertiary/aromatic N) is 1. The van der Waals surface area contributed by atoms with Crippen LogP contribution in [0.25, 0.3) is 0 Å². The average Bonchev–Trinajstić information content (AvgIpc) is 3.23. The molecule has 0 saturated carbocycles. The van der Waals surface area contributed by atoms with Crippen LogP contribution in [0.1, 0.15) is 37.4 Å². The van der Waals surface area contributed by atoms with E-state index >= 15 is 0 Å². The minimum atomic E-state index is -0.785. The number of piperidine rings is 1. The lowest BCUT2D eigenvalue weighted by molar-refractivity contribution is -0.136. The van der Waals surface area contributed by atoms with E-state index in [9.17, 15) is 19.5 Å². The van der Waals surface area contributed by atoms with Crippen LogP contribution in [0.3, 0.4) is 0 Å². The van der Waals surface area contributed by atoms with Gasteiger partial charge >= 0.3 is 11.8 Å². The Balaban J connectivity index is 1.50. The molecule has 1 fully saturated rings. The summed E-state index contributed by atoms with van der Waals surface area (Å²) in [5.74, 6) is -1.49. The highest BCUT2D eigenvalue weighted by Gasteiger charge is 2.20. The zero-order chi connectivity index (χ0) is 19.9. The second-order valence-electron chi connectivity index (χ2n) is 6.62. The lowest BCUT2D eigenvalue weighted by atomic mass is 10.1. The molecule has 3 rings (SSSR count). The Morgan fingerprint density at radius 3 is 2.82 bits per heavy atom. The molecule has 148 valence electrons. The van der Waals surface area contributed by atoms with E-state index < -0.39 is 17.9 Å². The first-order valence-corrected chi connectivity index (χ1v) is 10.2. The zero-order valence-electron chi connectivity index (χ0n) is 15.4. The molecule has 0 bridgehead atoms. The van der Waals surface area contributed by atoms with Gasteiger partial charge in [-0.1, -0.05) is 6.07 Å². The van der Waals surface area contributed by atoms with Gasteiger partial charge in [-0.05, 0) is 59.9 Å². The Bertz CT molecular complexity index is 838. The second-order valence-corrected chi connectivity index (χ2v) is 7.40. The Kier molecular flexibility index (Phi) is 6.78. The summed E-state index contributed by atoms with van der Waals surface area (Å²) in [6, 6.07) is 8.73. The van der Waals surface area contributed by atoms with Crippen molar-refractivity contribution in [3.63, 3.8) is 0 Å². The molecule has 0 spiro atoms. The number of nitrogens with one attached hydrogen (secondary N) is 2. The number of hydrogen-bond acceptors (Lipinski definition) is 5. The van der Waals surface area contributed by atoms with Gasteiger partial charge in [-0.2, -0.15) is 11.3 Å². The third kappa shape index (κ3) is 5.17. The lowest BCUT2D eigenvalue weighted by Crippen LogP contribution is -2.36. The van der Waals surface area contributed by atoms with Crippen LogP contribution in [-0.2, 0) is 14.4 Å². The van der Waals surface area contributed by atoms with Crippen LogP contribution < -0.4 is 15.5 Å². The first-order chi connectivity index (χ1) is 13.5. The van der Waals surface area contributed by atoms with E-state index in [-0.39, 0.29) is 12.5 Å². The van der Waals surface area contributed by atoms with Crippen LogP contribution >= 0.6 is 11.3 Å². The number of carbonyl (C=O) groups is 3. The number of hydrogen-bond donors (Lipinski definition) is 3. The van der Waals surface area contributed by atoms with Crippen molar-refractivity contribution in [2.24, 2.45) is 0 Å². The van der Waals surface area contributed by atoms with Crippen LogP contribution in [0.15, 0.2) is 41.1 Å². The van der Waals surface area contributed by atoms with Crippen molar-refractivity contribution in [2.75, 3.05) is 23.3 Å². The molecule has 1 aromatic heterocycles. The van der Waals surface area contributed by atoms with E-state index in [2.05, 4.69) is 10.6 Å². The Morgan fingerprint density at radius 2 is 2.07 bits per heavy atom. The van der Waals surface area contributed by atoms with Crippen LogP contribution in [0.4, 0.5) is 11.4 Å². The molecule has 3 N–H and O–H groups in total. The molecule has 2 aromatic rings. The Hall–Kier alpha value is -2.71. The molecule has 7 nitrogen and oxygen atoms in total. The topological polar surface area (TPSA) is 98.7 Å². The van der Waals surface area contributed by atoms with E-state index in [4.69, 9.17) is 0 Å². The van der Waals surface area contributed by atoms with Gasteiger partial charge in [0.05, 0.1) is 6.10 Å². The van der Waals surface area contributed by atoms with Gasteiger partial charge in [-0.15, -0.1) is 0 Å². The summed E-state index contributed by atoms with van der Waals surface area (Å²) in [6.07, 6.45) is 2.02. The fraction of sp³-hybridized carbons (Fsp3) is 0.350. The van der Waals surface area contributed by atoms with Gasteiger partial charge in [-0.3, -0.25) is 14.4 Å². The van der Waals surface area contributed by atoms with E-state index in [1.807, 2.05) is 22.9 Å². The van der Waals surface area contributed by atoms with Crippen molar-refractivity contribution in [1.29, 1.82) is 0 Å². The Morgan fingerprint density at radius 1 is 1.21 bits per heavy atom. The molecular formula is C20H23N3O4S. The normalized spacial score (nSPS) is 15.2. The molecule has 1 saturated heterocycles. The molecule has 0 radical (unpaired) electrons. The number of rotatable bonds is 6. The van der Waals surface area contributed by atoms with E-state index in [0.717, 1.165) is 18.4 Å². The summed E-state index contributed by atoms with van der Waals surface area (Å²) >= 11 is 1.49. The van der Waals surface area contributed by atoms with Gasteiger partial charge in [0, 0.05) is 30.9 Å². The molecule has 3 amide bonds. The molecule has 1 aromatic carbocycles. The first kappa shape index (κ1) is 20.0. The highest BCUT2D eigenvalue weighted by atomic mass is 32.1. The van der Waals surface area contributed by atoms with Crippen molar-refractivity contribution in [3.8, 4) is 0 Å². The summed E-state index contributed by atoms with van der Waals surface area (Å²) < 4.78 is 0. The van der Waals surface area contributed by atoms with Crippen molar-refractivity contribution in [1.82, 2.24) is 5.32 Å². The standard InChI is InChI=1S/C20H23N3O4S/c24-17(14-8-11-28-13-14)7-9-21-19(26)20(27)22-15-4-3-5-16(12-15)23-10-2-1-6-18(23)25/h3-5,8,11-13,17,24H,1-2,6-7,9-10H2,(H,21,26)(H,22,27). The zero-order valence-corrected chi connectivity index (χ0v) is 16.2. The van der Waals surface area contributed by atoms with E-state index in [0.29, 0.717) is 30.8 Å². The lowest BCUT2D eigenvalue weighted by Gasteiger charge is -2.27. The quantitative estimate of drug-likeness (QED) is 0.648. The minimum Gasteiger partial charge on any atom is -0.388 e. The summed E-state index contributed by atoms with van der Waals surface area (Å²) in [4.78, 5) is 37.8. The number of carbonyl (C=O) groups excluding carboxylic acids is 3. The molecule has 1 aliphatic rings. The largest absolute Gasteiger partial charge is 0.388 e. The van der Waals surface area contributed by atoms with Gasteiger partial charge in [0.2, 0.25) is 5.91 Å². The van der Waals surface area contributed by atoms with Gasteiger partial charge in [-0.25, -0.2) is 0 Å². The highest BCUT2D eigenvalue weighted by molar-refractivity contribution is 7.07. The maximum Gasteiger partial charge on any atom is 0.313 e. The van der Waals surface area contributed by atoms with Crippen LogP contribution in [0, 0.1) is 0 Å². The number of anilines is 2. The van der Waals surface area contributed by atoms with Crippen molar-refractivity contribution >= 4 is 40.4 Å². The second kappa shape index (κ2) is 9.48. The third-order valence-electron chi connectivity index (χ3n) is 4.58. The Labute approximate surface area is 167 Å². The predicted octanol–water partition coefficient (Wildman–Crippen LogP) is 2.44. The van der Waals surface area contributed by atoms with Crippen molar-refractivity contribution < 1.29 is 19.5 Å². The minimum absolute atomic E-state index is 0.0663. The number of aliphatic hydroxyl groups excluding tert-OH is 1. The predicted molar refractivity (Wildman–Crippen MR) is 108 cm³/mol. The van der Waals surface area contributed by atoms with Crippen molar-refractivity contribution in [2.45, 2.75) is 31.8 Å². The molecule has 0 aliphatic carbocycles. The molecule has 1 aliphatic heterocycles. The summed E-state index contributed by atoms with van der Waals surface area (Å²) in [7, 11) is 0. The average molecular weight is 401 g/mol. The fourth-order valence-electron chi connectivity index (χ4n) is 3.05. The molecule has 28 heavy (non-hydrogen) atoms. The highest BCUT2D eigenvalue weighted by Crippen LogP contribution is 2.24. The van der Waals surface area contributed by atoms with Gasteiger partial charge in [0.1, 0.15) is 0 Å². The molecule has 2 heterocycles.